The second-order valence-electron chi connectivity index (χ2n) is 6.47. The van der Waals surface area contributed by atoms with Gasteiger partial charge in [-0.1, -0.05) is 104 Å². The Morgan fingerprint density at radius 2 is 1.24 bits per heavy atom. The summed E-state index contributed by atoms with van der Waals surface area (Å²) in [5.41, 5.74) is 6.72. The quantitative estimate of drug-likeness (QED) is 0.375. The number of hydrogen-bond donors (Lipinski definition) is 0. The molecular weight excluding hydrogens is 300 g/mol. The first-order valence-electron chi connectivity index (χ1n) is 9.04. The average molecular weight is 322 g/mol. The Bertz CT molecular complexity index is 997. The van der Waals surface area contributed by atoms with Crippen LogP contribution in [0.4, 0.5) is 0 Å². The molecule has 0 radical (unpaired) electrons. The molecule has 4 rings (SSSR count). The Morgan fingerprint density at radius 1 is 0.560 bits per heavy atom. The second kappa shape index (κ2) is 6.94. The number of rotatable bonds is 4. The van der Waals surface area contributed by atoms with Gasteiger partial charge in [-0.05, 0) is 45.0 Å². The number of benzene rings is 4. The fraction of sp³-hybridized carbons (Fsp3) is 0.120. The van der Waals surface area contributed by atoms with E-state index in [1.165, 1.54) is 38.6 Å². The van der Waals surface area contributed by atoms with Gasteiger partial charge in [0.1, 0.15) is 0 Å². The van der Waals surface area contributed by atoms with E-state index in [-0.39, 0.29) is 0 Å². The van der Waals surface area contributed by atoms with Crippen molar-refractivity contribution in [2.45, 2.75) is 19.8 Å². The topological polar surface area (TPSA) is 0 Å². The van der Waals surface area contributed by atoms with Gasteiger partial charge in [0.15, 0.2) is 0 Å². The third kappa shape index (κ3) is 2.96. The van der Waals surface area contributed by atoms with Gasteiger partial charge >= 0.3 is 0 Å². The van der Waals surface area contributed by atoms with Crippen LogP contribution in [-0.2, 0) is 6.42 Å². The summed E-state index contributed by atoms with van der Waals surface area (Å²) >= 11 is 0. The normalized spacial score (nSPS) is 10.9. The van der Waals surface area contributed by atoms with Crippen LogP contribution in [-0.4, -0.2) is 0 Å². The van der Waals surface area contributed by atoms with Gasteiger partial charge in [-0.25, -0.2) is 0 Å². The molecule has 0 aromatic heterocycles. The Hall–Kier alpha value is -2.86. The molecule has 0 unspecified atom stereocenters. The van der Waals surface area contributed by atoms with Crippen LogP contribution in [0.5, 0.6) is 0 Å². The first-order valence-corrected chi connectivity index (χ1v) is 9.04. The third-order valence-corrected chi connectivity index (χ3v) is 4.84. The van der Waals surface area contributed by atoms with Gasteiger partial charge in [-0.2, -0.15) is 0 Å². The fourth-order valence-electron chi connectivity index (χ4n) is 3.70. The molecule has 0 N–H and O–H groups in total. The predicted molar refractivity (Wildman–Crippen MR) is 109 cm³/mol. The van der Waals surface area contributed by atoms with Crippen molar-refractivity contribution in [1.29, 1.82) is 0 Å². The first kappa shape index (κ1) is 15.7. The van der Waals surface area contributed by atoms with Crippen LogP contribution in [0.25, 0.3) is 33.0 Å². The van der Waals surface area contributed by atoms with Crippen LogP contribution in [0.3, 0.4) is 0 Å². The van der Waals surface area contributed by atoms with Gasteiger partial charge in [0.2, 0.25) is 0 Å². The molecule has 0 atom stereocenters. The van der Waals surface area contributed by atoms with Crippen molar-refractivity contribution >= 4 is 10.8 Å². The van der Waals surface area contributed by atoms with Crippen LogP contribution < -0.4 is 0 Å². The zero-order chi connectivity index (χ0) is 17.1. The van der Waals surface area contributed by atoms with E-state index in [1.807, 2.05) is 0 Å². The van der Waals surface area contributed by atoms with Crippen molar-refractivity contribution in [3.05, 3.63) is 96.6 Å². The molecule has 25 heavy (non-hydrogen) atoms. The maximum absolute atomic E-state index is 2.30. The molecule has 4 aromatic rings. The molecular formula is C25H22. The molecule has 0 bridgehead atoms. The molecule has 0 saturated carbocycles. The minimum Gasteiger partial charge on any atom is -0.0651 e. The highest BCUT2D eigenvalue weighted by Crippen LogP contribution is 2.37. The zero-order valence-corrected chi connectivity index (χ0v) is 14.6. The molecule has 0 amide bonds. The van der Waals surface area contributed by atoms with Crippen molar-refractivity contribution in [1.82, 2.24) is 0 Å². The molecule has 0 heterocycles. The molecule has 0 aliphatic carbocycles. The van der Waals surface area contributed by atoms with Crippen LogP contribution in [0.15, 0.2) is 91.0 Å². The van der Waals surface area contributed by atoms with E-state index < -0.39 is 0 Å². The van der Waals surface area contributed by atoms with E-state index in [0.29, 0.717) is 0 Å². The SMILES string of the molecule is CCCc1c(-c2ccccc2-c2ccccc2)ccc2ccccc12. The summed E-state index contributed by atoms with van der Waals surface area (Å²) in [6.07, 6.45) is 2.24. The van der Waals surface area contributed by atoms with Gasteiger partial charge in [0.25, 0.3) is 0 Å². The molecule has 0 fully saturated rings. The molecule has 0 heteroatoms. The van der Waals surface area contributed by atoms with Crippen LogP contribution in [0, 0.1) is 0 Å². The van der Waals surface area contributed by atoms with Crippen molar-refractivity contribution in [2.24, 2.45) is 0 Å². The molecule has 122 valence electrons. The number of hydrogen-bond acceptors (Lipinski definition) is 0. The Labute approximate surface area is 149 Å². The molecule has 0 nitrogen and oxygen atoms in total. The summed E-state index contributed by atoms with van der Waals surface area (Å²) in [7, 11) is 0. The largest absolute Gasteiger partial charge is 0.0651 e. The van der Waals surface area contributed by atoms with Crippen LogP contribution in [0.1, 0.15) is 18.9 Å². The van der Waals surface area contributed by atoms with Crippen molar-refractivity contribution in [3.63, 3.8) is 0 Å². The predicted octanol–water partition coefficient (Wildman–Crippen LogP) is 7.13. The van der Waals surface area contributed by atoms with Crippen LogP contribution >= 0.6 is 0 Å². The van der Waals surface area contributed by atoms with E-state index in [1.54, 1.807) is 0 Å². The van der Waals surface area contributed by atoms with E-state index in [2.05, 4.69) is 97.9 Å². The smallest absolute Gasteiger partial charge is 0.0102 e. The highest BCUT2D eigenvalue weighted by molar-refractivity contribution is 5.95. The van der Waals surface area contributed by atoms with Gasteiger partial charge in [-0.15, -0.1) is 0 Å². The summed E-state index contributed by atoms with van der Waals surface area (Å²) in [5, 5.41) is 2.71. The monoisotopic (exact) mass is 322 g/mol. The maximum atomic E-state index is 2.30. The highest BCUT2D eigenvalue weighted by atomic mass is 14.2. The molecule has 0 saturated heterocycles. The lowest BCUT2D eigenvalue weighted by Gasteiger charge is -2.16. The van der Waals surface area contributed by atoms with E-state index in [9.17, 15) is 0 Å². The van der Waals surface area contributed by atoms with E-state index >= 15 is 0 Å². The fourth-order valence-corrected chi connectivity index (χ4v) is 3.70. The van der Waals surface area contributed by atoms with Crippen LogP contribution in [0.2, 0.25) is 0 Å². The second-order valence-corrected chi connectivity index (χ2v) is 6.47. The van der Waals surface area contributed by atoms with Gasteiger partial charge in [-0.3, -0.25) is 0 Å². The zero-order valence-electron chi connectivity index (χ0n) is 14.6. The first-order chi connectivity index (χ1) is 12.4. The van der Waals surface area contributed by atoms with Gasteiger partial charge in [0, 0.05) is 0 Å². The standard InChI is InChI=1S/C25H22/c1-2-10-23-22-14-7-6-13-20(22)17-18-25(23)24-16-9-8-15-21(24)19-11-4-3-5-12-19/h3-9,11-18H,2,10H2,1H3. The summed E-state index contributed by atoms with van der Waals surface area (Å²) < 4.78 is 0. The minimum absolute atomic E-state index is 1.10. The highest BCUT2D eigenvalue weighted by Gasteiger charge is 2.12. The lowest BCUT2D eigenvalue weighted by atomic mass is 9.88. The summed E-state index contributed by atoms with van der Waals surface area (Å²) in [6.45, 7) is 2.26. The number of aryl methyl sites for hydroxylation is 1. The Balaban J connectivity index is 1.98. The molecule has 4 aromatic carbocycles. The van der Waals surface area contributed by atoms with Gasteiger partial charge < -0.3 is 0 Å². The van der Waals surface area contributed by atoms with Crippen molar-refractivity contribution in [3.8, 4) is 22.3 Å². The Morgan fingerprint density at radius 3 is 2.04 bits per heavy atom. The van der Waals surface area contributed by atoms with E-state index in [0.717, 1.165) is 12.8 Å². The van der Waals surface area contributed by atoms with Crippen molar-refractivity contribution < 1.29 is 0 Å². The summed E-state index contributed by atoms with van der Waals surface area (Å²) in [4.78, 5) is 0. The minimum atomic E-state index is 1.10. The molecule has 0 aliphatic rings. The van der Waals surface area contributed by atoms with E-state index in [4.69, 9.17) is 0 Å². The summed E-state index contributed by atoms with van der Waals surface area (Å²) in [6, 6.07) is 32.7. The average Bonchev–Trinajstić information content (AvgIpc) is 2.69. The third-order valence-electron chi connectivity index (χ3n) is 4.84. The molecule has 0 spiro atoms. The lowest BCUT2D eigenvalue weighted by molar-refractivity contribution is 0.931. The molecule has 0 aliphatic heterocycles. The Kier molecular flexibility index (Phi) is 4.35. The maximum Gasteiger partial charge on any atom is -0.0102 e. The van der Waals surface area contributed by atoms with Crippen molar-refractivity contribution in [2.75, 3.05) is 0 Å². The summed E-state index contributed by atoms with van der Waals surface area (Å²) in [5.74, 6) is 0. The number of fused-ring (bicyclic) bond motifs is 1. The lowest BCUT2D eigenvalue weighted by Crippen LogP contribution is -1.94. The van der Waals surface area contributed by atoms with Gasteiger partial charge in [0.05, 0.1) is 0 Å².